The second-order valence-electron chi connectivity index (χ2n) is 4.39. The maximum atomic E-state index is 9.72. The van der Waals surface area contributed by atoms with Crippen LogP contribution in [0.1, 0.15) is 29.8 Å². The number of rotatable bonds is 4. The van der Waals surface area contributed by atoms with Gasteiger partial charge >= 0.3 is 0 Å². The zero-order chi connectivity index (χ0) is 13.1. The number of aliphatic hydroxyl groups excluding tert-OH is 1. The maximum absolute atomic E-state index is 9.72. The van der Waals surface area contributed by atoms with Crippen molar-refractivity contribution in [2.75, 3.05) is 0 Å². The van der Waals surface area contributed by atoms with Gasteiger partial charge in [-0.1, -0.05) is 16.8 Å². The van der Waals surface area contributed by atoms with Gasteiger partial charge in [-0.05, 0) is 26.0 Å². The molecular formula is C13H17N3O2. The molecule has 2 rings (SSSR count). The molecule has 0 amide bonds. The molecule has 0 bridgehead atoms. The van der Waals surface area contributed by atoms with Gasteiger partial charge in [0.1, 0.15) is 18.1 Å². The van der Waals surface area contributed by atoms with Gasteiger partial charge in [0.05, 0.1) is 12.3 Å². The Hall–Kier alpha value is -1.88. The Bertz CT molecular complexity index is 535. The summed E-state index contributed by atoms with van der Waals surface area (Å²) >= 11 is 0. The molecule has 0 saturated carbocycles. The highest BCUT2D eigenvalue weighted by molar-refractivity contribution is 5.38. The van der Waals surface area contributed by atoms with E-state index in [0.717, 1.165) is 16.8 Å². The number of ether oxygens (including phenoxy) is 1. The average Bonchev–Trinajstić information content (AvgIpc) is 2.73. The molecule has 1 heterocycles. The quantitative estimate of drug-likeness (QED) is 0.894. The van der Waals surface area contributed by atoms with Gasteiger partial charge in [0.25, 0.3) is 0 Å². The van der Waals surface area contributed by atoms with Crippen LogP contribution in [-0.4, -0.2) is 20.1 Å². The third-order valence-corrected chi connectivity index (χ3v) is 2.64. The van der Waals surface area contributed by atoms with E-state index >= 15 is 0 Å². The standard InChI is InChI=1S/C13H17N3O2/c1-9-4-5-13(12(6-9)10(2)17)18-8-11-7-16(3)15-14-11/h4-7,10,17H,8H2,1-3H3/t10-/m1/s1. The number of aromatic nitrogens is 3. The van der Waals surface area contributed by atoms with Gasteiger partial charge in [-0.15, -0.1) is 5.10 Å². The summed E-state index contributed by atoms with van der Waals surface area (Å²) in [6, 6.07) is 5.75. The first kappa shape index (κ1) is 12.6. The molecule has 1 aromatic heterocycles. The molecule has 5 nitrogen and oxygen atoms in total. The van der Waals surface area contributed by atoms with Crippen LogP contribution in [-0.2, 0) is 13.7 Å². The number of nitrogens with zero attached hydrogens (tertiary/aromatic N) is 3. The summed E-state index contributed by atoms with van der Waals surface area (Å²) < 4.78 is 7.31. The van der Waals surface area contributed by atoms with Gasteiger partial charge in [0.2, 0.25) is 0 Å². The van der Waals surface area contributed by atoms with Gasteiger partial charge in [0, 0.05) is 12.6 Å². The van der Waals surface area contributed by atoms with Gasteiger partial charge < -0.3 is 9.84 Å². The lowest BCUT2D eigenvalue weighted by Gasteiger charge is -2.13. The minimum absolute atomic E-state index is 0.344. The third-order valence-electron chi connectivity index (χ3n) is 2.64. The lowest BCUT2D eigenvalue weighted by Crippen LogP contribution is -2.01. The SMILES string of the molecule is Cc1ccc(OCc2cn(C)nn2)c([C@@H](C)O)c1. The van der Waals surface area contributed by atoms with Crippen molar-refractivity contribution in [3.05, 3.63) is 41.2 Å². The van der Waals surface area contributed by atoms with E-state index in [-0.39, 0.29) is 0 Å². The molecule has 0 fully saturated rings. The first-order chi connectivity index (χ1) is 8.56. The van der Waals surface area contributed by atoms with Crippen LogP contribution in [0.3, 0.4) is 0 Å². The van der Waals surface area contributed by atoms with E-state index in [2.05, 4.69) is 10.3 Å². The Kier molecular flexibility index (Phi) is 3.62. The summed E-state index contributed by atoms with van der Waals surface area (Å²) in [5.74, 6) is 0.682. The first-order valence-electron chi connectivity index (χ1n) is 5.83. The van der Waals surface area contributed by atoms with Crippen LogP contribution in [0.15, 0.2) is 24.4 Å². The second kappa shape index (κ2) is 5.18. The number of benzene rings is 1. The zero-order valence-electron chi connectivity index (χ0n) is 10.8. The Morgan fingerprint density at radius 3 is 2.83 bits per heavy atom. The van der Waals surface area contributed by atoms with Crippen molar-refractivity contribution in [2.24, 2.45) is 7.05 Å². The van der Waals surface area contributed by atoms with E-state index in [9.17, 15) is 5.11 Å². The first-order valence-corrected chi connectivity index (χ1v) is 5.83. The van der Waals surface area contributed by atoms with Crippen LogP contribution in [0.2, 0.25) is 0 Å². The largest absolute Gasteiger partial charge is 0.487 e. The lowest BCUT2D eigenvalue weighted by atomic mass is 10.1. The molecule has 0 spiro atoms. The fraction of sp³-hybridized carbons (Fsp3) is 0.385. The van der Waals surface area contributed by atoms with Crippen molar-refractivity contribution in [1.29, 1.82) is 0 Å². The predicted molar refractivity (Wildman–Crippen MR) is 67.1 cm³/mol. The van der Waals surface area contributed by atoms with Crippen molar-refractivity contribution < 1.29 is 9.84 Å². The van der Waals surface area contributed by atoms with Gasteiger partial charge in [0.15, 0.2) is 0 Å². The molecule has 1 aromatic carbocycles. The summed E-state index contributed by atoms with van der Waals surface area (Å²) in [5.41, 5.74) is 2.64. The van der Waals surface area contributed by atoms with Gasteiger partial charge in [-0.25, -0.2) is 0 Å². The van der Waals surface area contributed by atoms with Crippen molar-refractivity contribution in [1.82, 2.24) is 15.0 Å². The van der Waals surface area contributed by atoms with Crippen molar-refractivity contribution in [2.45, 2.75) is 26.6 Å². The highest BCUT2D eigenvalue weighted by Crippen LogP contribution is 2.26. The van der Waals surface area contributed by atoms with E-state index in [1.165, 1.54) is 0 Å². The van der Waals surface area contributed by atoms with Crippen LogP contribution in [0.4, 0.5) is 0 Å². The Morgan fingerprint density at radius 1 is 1.44 bits per heavy atom. The molecule has 0 aliphatic carbocycles. The van der Waals surface area contributed by atoms with E-state index < -0.39 is 6.10 Å². The molecule has 0 radical (unpaired) electrons. The smallest absolute Gasteiger partial charge is 0.134 e. The molecule has 1 atom stereocenters. The van der Waals surface area contributed by atoms with Crippen molar-refractivity contribution in [3.8, 4) is 5.75 Å². The van der Waals surface area contributed by atoms with E-state index in [4.69, 9.17) is 4.74 Å². The highest BCUT2D eigenvalue weighted by Gasteiger charge is 2.10. The number of hydrogen-bond acceptors (Lipinski definition) is 4. The van der Waals surface area contributed by atoms with E-state index in [1.807, 2.05) is 32.2 Å². The van der Waals surface area contributed by atoms with Crippen molar-refractivity contribution in [3.63, 3.8) is 0 Å². The summed E-state index contributed by atoms with van der Waals surface area (Å²) in [5, 5.41) is 17.5. The fourth-order valence-corrected chi connectivity index (χ4v) is 1.74. The summed E-state index contributed by atoms with van der Waals surface area (Å²) in [6.45, 7) is 4.05. The predicted octanol–water partition coefficient (Wildman–Crippen LogP) is 1.76. The third kappa shape index (κ3) is 2.87. The second-order valence-corrected chi connectivity index (χ2v) is 4.39. The minimum Gasteiger partial charge on any atom is -0.487 e. The van der Waals surface area contributed by atoms with Gasteiger partial charge in [-0.3, -0.25) is 4.68 Å². The fourth-order valence-electron chi connectivity index (χ4n) is 1.74. The zero-order valence-corrected chi connectivity index (χ0v) is 10.8. The molecule has 1 N–H and O–H groups in total. The van der Waals surface area contributed by atoms with Crippen LogP contribution in [0.25, 0.3) is 0 Å². The normalized spacial score (nSPS) is 12.4. The topological polar surface area (TPSA) is 60.2 Å². The van der Waals surface area contributed by atoms with Crippen LogP contribution >= 0.6 is 0 Å². The van der Waals surface area contributed by atoms with Crippen LogP contribution in [0.5, 0.6) is 5.75 Å². The van der Waals surface area contributed by atoms with Gasteiger partial charge in [-0.2, -0.15) is 0 Å². The highest BCUT2D eigenvalue weighted by atomic mass is 16.5. The Balaban J connectivity index is 2.13. The Labute approximate surface area is 106 Å². The summed E-state index contributed by atoms with van der Waals surface area (Å²) in [4.78, 5) is 0. The number of aliphatic hydroxyl groups is 1. The number of aryl methyl sites for hydroxylation is 2. The summed E-state index contributed by atoms with van der Waals surface area (Å²) in [7, 11) is 1.81. The molecule has 0 aliphatic heterocycles. The number of hydrogen-bond donors (Lipinski definition) is 1. The molecule has 96 valence electrons. The summed E-state index contributed by atoms with van der Waals surface area (Å²) in [6.07, 6.45) is 1.25. The molecule has 0 unspecified atom stereocenters. The van der Waals surface area contributed by atoms with Crippen molar-refractivity contribution >= 4 is 0 Å². The monoisotopic (exact) mass is 247 g/mol. The lowest BCUT2D eigenvalue weighted by molar-refractivity contribution is 0.189. The molecule has 0 saturated heterocycles. The van der Waals surface area contributed by atoms with E-state index in [0.29, 0.717) is 12.4 Å². The van der Waals surface area contributed by atoms with E-state index in [1.54, 1.807) is 17.8 Å². The minimum atomic E-state index is -0.554. The Morgan fingerprint density at radius 2 is 2.22 bits per heavy atom. The molecule has 2 aromatic rings. The molecule has 5 heteroatoms. The van der Waals surface area contributed by atoms with Crippen LogP contribution in [0, 0.1) is 6.92 Å². The maximum Gasteiger partial charge on any atom is 0.134 e. The molecule has 18 heavy (non-hydrogen) atoms. The molecular weight excluding hydrogens is 230 g/mol. The van der Waals surface area contributed by atoms with Crippen LogP contribution < -0.4 is 4.74 Å². The average molecular weight is 247 g/mol. The molecule has 0 aliphatic rings.